The van der Waals surface area contributed by atoms with E-state index < -0.39 is 0 Å². The molecule has 0 amide bonds. The number of hydrogen-bond acceptors (Lipinski definition) is 3. The quantitative estimate of drug-likeness (QED) is 0.931. The molecule has 1 saturated carbocycles. The zero-order chi connectivity index (χ0) is 12.4. The van der Waals surface area contributed by atoms with Crippen LogP contribution in [0.1, 0.15) is 44.4 Å². The third-order valence-corrected chi connectivity index (χ3v) is 4.36. The highest BCUT2D eigenvalue weighted by atomic mass is 79.9. The summed E-state index contributed by atoms with van der Waals surface area (Å²) < 4.78 is 6.43. The Morgan fingerprint density at radius 2 is 2.00 bits per heavy atom. The normalized spacial score (nSPS) is 27.4. The molecular weight excluding hydrogens is 280 g/mol. The fourth-order valence-corrected chi connectivity index (χ4v) is 2.90. The minimum absolute atomic E-state index is 0.320. The van der Waals surface area contributed by atoms with Crippen LogP contribution in [0.15, 0.2) is 21.2 Å². The Kier molecular flexibility index (Phi) is 4.28. The predicted molar refractivity (Wildman–Crippen MR) is 72.8 cm³/mol. The van der Waals surface area contributed by atoms with Gasteiger partial charge in [0.15, 0.2) is 4.67 Å². The molecule has 1 atom stereocenters. The molecule has 0 aromatic carbocycles. The smallest absolute Gasteiger partial charge is 0.169 e. The van der Waals surface area contributed by atoms with E-state index in [1.807, 2.05) is 12.1 Å². The van der Waals surface area contributed by atoms with Gasteiger partial charge in [0.05, 0.1) is 6.04 Å². The van der Waals surface area contributed by atoms with Crippen LogP contribution in [0.3, 0.4) is 0 Å². The summed E-state index contributed by atoms with van der Waals surface area (Å²) >= 11 is 3.35. The van der Waals surface area contributed by atoms with Crippen LogP contribution in [0.25, 0.3) is 0 Å². The van der Waals surface area contributed by atoms with Gasteiger partial charge in [-0.3, -0.25) is 4.90 Å². The summed E-state index contributed by atoms with van der Waals surface area (Å²) in [7, 11) is 2.18. The molecule has 0 saturated heterocycles. The van der Waals surface area contributed by atoms with Gasteiger partial charge in [-0.05, 0) is 67.7 Å². The summed E-state index contributed by atoms with van der Waals surface area (Å²) in [6, 6.07) is 5.36. The van der Waals surface area contributed by atoms with Crippen molar-refractivity contribution in [3.05, 3.63) is 22.6 Å². The molecule has 0 bridgehead atoms. The molecule has 1 aliphatic rings. The number of nitrogens with zero attached hydrogens (tertiary/aromatic N) is 1. The van der Waals surface area contributed by atoms with E-state index >= 15 is 0 Å². The molecule has 96 valence electrons. The van der Waals surface area contributed by atoms with Crippen LogP contribution < -0.4 is 5.73 Å². The van der Waals surface area contributed by atoms with Crippen molar-refractivity contribution in [1.29, 1.82) is 0 Å². The van der Waals surface area contributed by atoms with Gasteiger partial charge >= 0.3 is 0 Å². The fourth-order valence-electron chi connectivity index (χ4n) is 2.58. The van der Waals surface area contributed by atoms with E-state index in [1.165, 1.54) is 12.8 Å². The first-order valence-corrected chi connectivity index (χ1v) is 7.10. The highest BCUT2D eigenvalue weighted by molar-refractivity contribution is 9.10. The van der Waals surface area contributed by atoms with Gasteiger partial charge < -0.3 is 10.2 Å². The lowest BCUT2D eigenvalue weighted by Crippen LogP contribution is -2.39. The van der Waals surface area contributed by atoms with Gasteiger partial charge in [0.2, 0.25) is 0 Å². The number of halogens is 1. The van der Waals surface area contributed by atoms with Gasteiger partial charge in [0.25, 0.3) is 0 Å². The Labute approximate surface area is 111 Å². The number of furan rings is 1. The second kappa shape index (κ2) is 5.55. The van der Waals surface area contributed by atoms with E-state index in [4.69, 9.17) is 10.2 Å². The van der Waals surface area contributed by atoms with E-state index in [1.54, 1.807) is 0 Å². The Morgan fingerprint density at radius 3 is 2.53 bits per heavy atom. The van der Waals surface area contributed by atoms with Crippen molar-refractivity contribution >= 4 is 15.9 Å². The Balaban J connectivity index is 1.97. The zero-order valence-corrected chi connectivity index (χ0v) is 12.1. The highest BCUT2D eigenvalue weighted by Gasteiger charge is 2.26. The summed E-state index contributed by atoms with van der Waals surface area (Å²) in [5.41, 5.74) is 5.94. The molecule has 0 radical (unpaired) electrons. The molecule has 1 aliphatic carbocycles. The molecule has 1 fully saturated rings. The summed E-state index contributed by atoms with van der Waals surface area (Å²) in [5.74, 6) is 1.02. The van der Waals surface area contributed by atoms with Crippen molar-refractivity contribution in [2.45, 2.75) is 50.7 Å². The summed E-state index contributed by atoms with van der Waals surface area (Å²) in [4.78, 5) is 2.41. The zero-order valence-electron chi connectivity index (χ0n) is 10.5. The fraction of sp³-hybridized carbons (Fsp3) is 0.692. The lowest BCUT2D eigenvalue weighted by atomic mass is 9.90. The van der Waals surface area contributed by atoms with Crippen LogP contribution in [-0.2, 0) is 0 Å². The van der Waals surface area contributed by atoms with Crippen LogP contribution in [0.4, 0.5) is 0 Å². The molecule has 1 heterocycles. The molecule has 0 aliphatic heterocycles. The molecular formula is C13H21BrN2O. The standard InChI is InChI=1S/C13H21BrN2O/c1-9(12-7-8-13(14)17-12)16(2)11-5-3-10(15)4-6-11/h7-11H,3-6,15H2,1-2H3. The lowest BCUT2D eigenvalue weighted by molar-refractivity contribution is 0.127. The minimum Gasteiger partial charge on any atom is -0.453 e. The highest BCUT2D eigenvalue weighted by Crippen LogP contribution is 2.30. The first kappa shape index (κ1) is 13.1. The van der Waals surface area contributed by atoms with E-state index in [0.717, 1.165) is 23.3 Å². The number of nitrogens with two attached hydrogens (primary N) is 1. The molecule has 3 nitrogen and oxygen atoms in total. The molecule has 17 heavy (non-hydrogen) atoms. The van der Waals surface area contributed by atoms with Crippen molar-refractivity contribution in [2.75, 3.05) is 7.05 Å². The minimum atomic E-state index is 0.320. The maximum atomic E-state index is 5.94. The molecule has 1 unspecified atom stereocenters. The summed E-state index contributed by atoms with van der Waals surface area (Å²) in [6.07, 6.45) is 4.68. The van der Waals surface area contributed by atoms with Crippen molar-refractivity contribution in [3.8, 4) is 0 Å². The maximum Gasteiger partial charge on any atom is 0.169 e. The third-order valence-electron chi connectivity index (χ3n) is 3.93. The Hall–Kier alpha value is -0.320. The van der Waals surface area contributed by atoms with E-state index in [9.17, 15) is 0 Å². The van der Waals surface area contributed by atoms with Gasteiger partial charge in [0.1, 0.15) is 5.76 Å². The molecule has 2 rings (SSSR count). The summed E-state index contributed by atoms with van der Waals surface area (Å²) in [5, 5.41) is 0. The maximum absolute atomic E-state index is 5.94. The van der Waals surface area contributed by atoms with Crippen molar-refractivity contribution in [1.82, 2.24) is 4.90 Å². The third kappa shape index (κ3) is 3.12. The van der Waals surface area contributed by atoms with Gasteiger partial charge in [-0.15, -0.1) is 0 Å². The Morgan fingerprint density at radius 1 is 1.35 bits per heavy atom. The van der Waals surface area contributed by atoms with E-state index in [-0.39, 0.29) is 0 Å². The average Bonchev–Trinajstić information content (AvgIpc) is 2.75. The molecule has 1 aromatic heterocycles. The number of hydrogen-bond donors (Lipinski definition) is 1. The van der Waals surface area contributed by atoms with Gasteiger partial charge in [-0.25, -0.2) is 0 Å². The van der Waals surface area contributed by atoms with E-state index in [2.05, 4.69) is 34.8 Å². The van der Waals surface area contributed by atoms with Crippen LogP contribution in [-0.4, -0.2) is 24.0 Å². The van der Waals surface area contributed by atoms with Gasteiger partial charge in [0, 0.05) is 12.1 Å². The van der Waals surface area contributed by atoms with Crippen molar-refractivity contribution in [3.63, 3.8) is 0 Å². The van der Waals surface area contributed by atoms with Crippen LogP contribution in [0, 0.1) is 0 Å². The second-order valence-electron chi connectivity index (χ2n) is 5.05. The van der Waals surface area contributed by atoms with Crippen LogP contribution in [0.5, 0.6) is 0 Å². The monoisotopic (exact) mass is 300 g/mol. The molecule has 2 N–H and O–H groups in total. The predicted octanol–water partition coefficient (Wildman–Crippen LogP) is 3.30. The first-order chi connectivity index (χ1) is 8.08. The van der Waals surface area contributed by atoms with Crippen LogP contribution >= 0.6 is 15.9 Å². The molecule has 0 spiro atoms. The number of rotatable bonds is 3. The van der Waals surface area contributed by atoms with E-state index in [0.29, 0.717) is 18.1 Å². The lowest BCUT2D eigenvalue weighted by Gasteiger charge is -2.36. The van der Waals surface area contributed by atoms with Crippen molar-refractivity contribution in [2.24, 2.45) is 5.73 Å². The van der Waals surface area contributed by atoms with Gasteiger partial charge in [-0.1, -0.05) is 0 Å². The molecule has 1 aromatic rings. The van der Waals surface area contributed by atoms with Gasteiger partial charge in [-0.2, -0.15) is 0 Å². The SMILES string of the molecule is CC(c1ccc(Br)o1)N(C)C1CCC(N)CC1. The largest absolute Gasteiger partial charge is 0.453 e. The Bertz CT molecular complexity index is 358. The van der Waals surface area contributed by atoms with Crippen molar-refractivity contribution < 1.29 is 4.42 Å². The molecule has 4 heteroatoms. The topological polar surface area (TPSA) is 42.4 Å². The average molecular weight is 301 g/mol. The summed E-state index contributed by atoms with van der Waals surface area (Å²) in [6.45, 7) is 2.19. The van der Waals surface area contributed by atoms with Crippen LogP contribution in [0.2, 0.25) is 0 Å². The second-order valence-corrected chi connectivity index (χ2v) is 5.83. The first-order valence-electron chi connectivity index (χ1n) is 6.30.